The van der Waals surface area contributed by atoms with E-state index in [9.17, 15) is 18.8 Å². The maximum absolute atomic E-state index is 13.5. The molecule has 184 valence electrons. The number of carbonyl (C=O) groups is 3. The van der Waals surface area contributed by atoms with Crippen molar-refractivity contribution in [1.29, 1.82) is 0 Å². The van der Waals surface area contributed by atoms with Gasteiger partial charge in [-0.15, -0.1) is 0 Å². The van der Waals surface area contributed by atoms with Crippen LogP contribution in [0.25, 0.3) is 10.9 Å². The molecule has 2 aromatic carbocycles. The summed E-state index contributed by atoms with van der Waals surface area (Å²) >= 11 is 6.05. The van der Waals surface area contributed by atoms with Crippen molar-refractivity contribution >= 4 is 40.2 Å². The van der Waals surface area contributed by atoms with Gasteiger partial charge in [-0.25, -0.2) is 4.39 Å². The van der Waals surface area contributed by atoms with Crippen molar-refractivity contribution in [3.8, 4) is 0 Å². The van der Waals surface area contributed by atoms with E-state index in [-0.39, 0.29) is 34.2 Å². The minimum Gasteiger partial charge on any atom is -0.361 e. The van der Waals surface area contributed by atoms with Crippen molar-refractivity contribution in [2.45, 2.75) is 26.3 Å². The molecule has 35 heavy (non-hydrogen) atoms. The number of H-pyrrole nitrogens is 1. The average molecular weight is 499 g/mol. The lowest BCUT2D eigenvalue weighted by molar-refractivity contribution is -0.138. The largest absolute Gasteiger partial charge is 0.361 e. The van der Waals surface area contributed by atoms with Crippen molar-refractivity contribution in [3.63, 3.8) is 0 Å². The zero-order valence-corrected chi connectivity index (χ0v) is 20.4. The third kappa shape index (κ3) is 5.48. The van der Waals surface area contributed by atoms with Gasteiger partial charge in [0, 0.05) is 55.6 Å². The number of hydrogen-bond donors (Lipinski definition) is 2. The fourth-order valence-corrected chi connectivity index (χ4v) is 4.49. The van der Waals surface area contributed by atoms with Crippen molar-refractivity contribution < 1.29 is 18.8 Å². The molecule has 1 aliphatic rings. The lowest BCUT2D eigenvalue weighted by Gasteiger charge is -2.36. The number of aromatic nitrogens is 1. The first-order chi connectivity index (χ1) is 16.7. The molecule has 0 spiro atoms. The molecule has 1 atom stereocenters. The Balaban J connectivity index is 1.46. The highest BCUT2D eigenvalue weighted by molar-refractivity contribution is 6.33. The highest BCUT2D eigenvalue weighted by Crippen LogP contribution is 2.22. The van der Waals surface area contributed by atoms with Crippen LogP contribution in [0.4, 0.5) is 4.39 Å². The fourth-order valence-electron chi connectivity index (χ4n) is 4.24. The first kappa shape index (κ1) is 24.7. The lowest BCUT2D eigenvalue weighted by atomic mass is 10.0. The average Bonchev–Trinajstić information content (AvgIpc) is 3.25. The molecule has 0 radical (unpaired) electrons. The van der Waals surface area contributed by atoms with Crippen LogP contribution in [-0.2, 0) is 16.0 Å². The minimum atomic E-state index is -0.724. The number of amides is 3. The number of benzene rings is 2. The van der Waals surface area contributed by atoms with Crippen LogP contribution in [0.1, 0.15) is 29.8 Å². The molecule has 1 aromatic heterocycles. The van der Waals surface area contributed by atoms with E-state index in [2.05, 4.69) is 10.3 Å². The number of piperazine rings is 1. The van der Waals surface area contributed by atoms with Gasteiger partial charge in [0.2, 0.25) is 11.8 Å². The van der Waals surface area contributed by atoms with E-state index in [1.807, 2.05) is 30.5 Å². The van der Waals surface area contributed by atoms with Crippen LogP contribution in [0.5, 0.6) is 0 Å². The monoisotopic (exact) mass is 498 g/mol. The van der Waals surface area contributed by atoms with Gasteiger partial charge in [-0.2, -0.15) is 0 Å². The van der Waals surface area contributed by atoms with Crippen LogP contribution in [0.15, 0.2) is 48.7 Å². The van der Waals surface area contributed by atoms with Crippen molar-refractivity contribution in [1.82, 2.24) is 20.1 Å². The summed E-state index contributed by atoms with van der Waals surface area (Å²) in [5.74, 6) is -1.44. The Morgan fingerprint density at radius 2 is 1.74 bits per heavy atom. The Morgan fingerprint density at radius 1 is 1.06 bits per heavy atom. The molecule has 1 unspecified atom stereocenters. The van der Waals surface area contributed by atoms with E-state index in [0.717, 1.165) is 22.5 Å². The van der Waals surface area contributed by atoms with Gasteiger partial charge in [-0.05, 0) is 29.8 Å². The quantitative estimate of drug-likeness (QED) is 0.544. The summed E-state index contributed by atoms with van der Waals surface area (Å²) in [4.78, 5) is 45.3. The van der Waals surface area contributed by atoms with Crippen LogP contribution in [-0.4, -0.2) is 64.7 Å². The first-order valence-corrected chi connectivity index (χ1v) is 12.0. The normalized spacial score (nSPS) is 14.9. The zero-order valence-electron chi connectivity index (χ0n) is 19.7. The summed E-state index contributed by atoms with van der Waals surface area (Å²) in [6, 6.07) is 10.8. The molecule has 3 amide bonds. The maximum atomic E-state index is 13.5. The number of carbonyl (C=O) groups excluding carboxylic acids is 3. The number of nitrogens with zero attached hydrogens (tertiary/aromatic N) is 2. The maximum Gasteiger partial charge on any atom is 0.255 e. The molecule has 2 N–H and O–H groups in total. The van der Waals surface area contributed by atoms with Gasteiger partial charge in [0.05, 0.1) is 10.6 Å². The molecule has 0 bridgehead atoms. The Hall–Kier alpha value is -3.39. The molecule has 1 fully saturated rings. The van der Waals surface area contributed by atoms with E-state index < -0.39 is 11.9 Å². The van der Waals surface area contributed by atoms with Gasteiger partial charge < -0.3 is 20.1 Å². The third-order valence-electron chi connectivity index (χ3n) is 6.28. The fraction of sp³-hybridized carbons (Fsp3) is 0.346. The number of aromatic amines is 1. The summed E-state index contributed by atoms with van der Waals surface area (Å²) in [5, 5.41) is 3.98. The standard InChI is InChI=1S/C26H28ClFN4O3/c1-16(2)24(33)30-23(13-17-15-29-22-6-4-3-5-19(17)22)26(35)32-11-9-31(10-12-32)25(34)20-8-7-18(28)14-21(20)27/h3-8,14-16,23,29H,9-13H2,1-2H3,(H,30,33). The van der Waals surface area contributed by atoms with Crippen LogP contribution in [0.2, 0.25) is 5.02 Å². The molecule has 0 aliphatic carbocycles. The molecule has 9 heteroatoms. The van der Waals surface area contributed by atoms with Crippen molar-refractivity contribution in [3.05, 3.63) is 70.6 Å². The molecule has 1 aliphatic heterocycles. The van der Waals surface area contributed by atoms with Gasteiger partial charge in [0.15, 0.2) is 0 Å². The number of para-hydroxylation sites is 1. The van der Waals surface area contributed by atoms with Gasteiger partial charge in [-0.3, -0.25) is 14.4 Å². The molecular formula is C26H28ClFN4O3. The Kier molecular flexibility index (Phi) is 7.40. The zero-order chi connectivity index (χ0) is 25.1. The second-order valence-electron chi connectivity index (χ2n) is 9.02. The molecule has 4 rings (SSSR count). The summed E-state index contributed by atoms with van der Waals surface area (Å²) in [7, 11) is 0. The highest BCUT2D eigenvalue weighted by Gasteiger charge is 2.31. The number of nitrogens with one attached hydrogen (secondary N) is 2. The van der Waals surface area contributed by atoms with E-state index >= 15 is 0 Å². The predicted octanol–water partition coefficient (Wildman–Crippen LogP) is 3.63. The summed E-state index contributed by atoms with van der Waals surface area (Å²) < 4.78 is 13.3. The lowest BCUT2D eigenvalue weighted by Crippen LogP contribution is -2.56. The first-order valence-electron chi connectivity index (χ1n) is 11.6. The second kappa shape index (κ2) is 10.5. The molecule has 0 saturated carbocycles. The summed E-state index contributed by atoms with van der Waals surface area (Å²) in [6.07, 6.45) is 2.22. The summed E-state index contributed by atoms with van der Waals surface area (Å²) in [6.45, 7) is 4.85. The molecule has 3 aromatic rings. The predicted molar refractivity (Wildman–Crippen MR) is 133 cm³/mol. The van der Waals surface area contributed by atoms with Gasteiger partial charge >= 0.3 is 0 Å². The van der Waals surface area contributed by atoms with Crippen LogP contribution < -0.4 is 5.32 Å². The molecule has 7 nitrogen and oxygen atoms in total. The van der Waals surface area contributed by atoms with Gasteiger partial charge in [0.1, 0.15) is 11.9 Å². The topological polar surface area (TPSA) is 85.5 Å². The minimum absolute atomic E-state index is 0.0590. The van der Waals surface area contributed by atoms with Gasteiger partial charge in [-0.1, -0.05) is 43.6 Å². The smallest absolute Gasteiger partial charge is 0.255 e. The number of halogens is 2. The number of hydrogen-bond acceptors (Lipinski definition) is 3. The molecular weight excluding hydrogens is 471 g/mol. The van der Waals surface area contributed by atoms with Crippen LogP contribution >= 0.6 is 11.6 Å². The molecule has 1 saturated heterocycles. The second-order valence-corrected chi connectivity index (χ2v) is 9.43. The Bertz CT molecular complexity index is 1250. The highest BCUT2D eigenvalue weighted by atomic mass is 35.5. The van der Waals surface area contributed by atoms with Gasteiger partial charge in [0.25, 0.3) is 5.91 Å². The van der Waals surface area contributed by atoms with E-state index in [0.29, 0.717) is 32.6 Å². The van der Waals surface area contributed by atoms with Crippen molar-refractivity contribution in [2.24, 2.45) is 5.92 Å². The van der Waals surface area contributed by atoms with E-state index in [4.69, 9.17) is 11.6 Å². The number of fused-ring (bicyclic) bond motifs is 1. The number of rotatable bonds is 6. The van der Waals surface area contributed by atoms with Crippen LogP contribution in [0, 0.1) is 11.7 Å². The van der Waals surface area contributed by atoms with Crippen LogP contribution in [0.3, 0.4) is 0 Å². The SMILES string of the molecule is CC(C)C(=O)NC(Cc1c[nH]c2ccccc12)C(=O)N1CCN(C(=O)c2ccc(F)cc2Cl)CC1. The van der Waals surface area contributed by atoms with E-state index in [1.54, 1.807) is 23.6 Å². The van der Waals surface area contributed by atoms with Crippen molar-refractivity contribution in [2.75, 3.05) is 26.2 Å². The summed E-state index contributed by atoms with van der Waals surface area (Å²) in [5.41, 5.74) is 2.15. The van der Waals surface area contributed by atoms with E-state index in [1.165, 1.54) is 12.1 Å². The third-order valence-corrected chi connectivity index (χ3v) is 6.59. The Morgan fingerprint density at radius 3 is 2.43 bits per heavy atom. The Labute approximate surface area is 208 Å². The molecule has 2 heterocycles.